The van der Waals surface area contributed by atoms with Crippen molar-refractivity contribution < 1.29 is 9.47 Å². The highest BCUT2D eigenvalue weighted by atomic mass is 35.5. The first-order valence-corrected chi connectivity index (χ1v) is 6.44. The van der Waals surface area contributed by atoms with Crippen LogP contribution in [-0.2, 0) is 11.3 Å². The summed E-state index contributed by atoms with van der Waals surface area (Å²) < 4.78 is 10.4. The Morgan fingerprint density at radius 3 is 2.44 bits per heavy atom. The fraction of sp³-hybridized carbons (Fsp3) is 0.538. The molecule has 0 amide bonds. The minimum Gasteiger partial charge on any atom is -0.466 e. The van der Waals surface area contributed by atoms with Crippen LogP contribution in [0.5, 0.6) is 5.75 Å². The van der Waals surface area contributed by atoms with Gasteiger partial charge in [-0.05, 0) is 32.9 Å². The molecule has 0 aliphatic carbocycles. The van der Waals surface area contributed by atoms with Gasteiger partial charge in [-0.2, -0.15) is 0 Å². The Hall–Kier alpha value is -0.480. The Morgan fingerprint density at radius 2 is 1.89 bits per heavy atom. The maximum Gasteiger partial charge on any atom is 0.188 e. The van der Waals surface area contributed by atoms with Crippen molar-refractivity contribution in [2.45, 2.75) is 32.9 Å². The number of halogens is 2. The van der Waals surface area contributed by atoms with Gasteiger partial charge in [0.15, 0.2) is 6.79 Å². The van der Waals surface area contributed by atoms with E-state index in [2.05, 4.69) is 26.1 Å². The van der Waals surface area contributed by atoms with Crippen LogP contribution in [0, 0.1) is 0 Å². The lowest BCUT2D eigenvalue weighted by molar-refractivity contribution is 0.0503. The van der Waals surface area contributed by atoms with E-state index in [1.54, 1.807) is 13.2 Å². The molecular formula is C13H19Cl2NO2. The van der Waals surface area contributed by atoms with Crippen molar-refractivity contribution in [2.75, 3.05) is 13.9 Å². The van der Waals surface area contributed by atoms with Crippen LogP contribution in [0.15, 0.2) is 12.1 Å². The third kappa shape index (κ3) is 5.02. The molecule has 0 aromatic heterocycles. The highest BCUT2D eigenvalue weighted by molar-refractivity contribution is 6.35. The number of benzene rings is 1. The number of methoxy groups -OCH3 is 1. The second kappa shape index (κ2) is 6.62. The average Bonchev–Trinajstić information content (AvgIpc) is 2.23. The van der Waals surface area contributed by atoms with E-state index < -0.39 is 0 Å². The second-order valence-electron chi connectivity index (χ2n) is 5.03. The fourth-order valence-corrected chi connectivity index (χ4v) is 1.97. The lowest BCUT2D eigenvalue weighted by Gasteiger charge is -2.22. The molecule has 0 aliphatic rings. The van der Waals surface area contributed by atoms with E-state index in [0.717, 1.165) is 5.56 Å². The number of hydrogen-bond acceptors (Lipinski definition) is 3. The van der Waals surface area contributed by atoms with Crippen molar-refractivity contribution in [3.8, 4) is 5.75 Å². The van der Waals surface area contributed by atoms with E-state index in [9.17, 15) is 0 Å². The molecule has 1 aromatic rings. The molecule has 0 spiro atoms. The molecule has 1 aromatic carbocycles. The molecule has 5 heteroatoms. The van der Waals surface area contributed by atoms with Crippen molar-refractivity contribution >= 4 is 23.2 Å². The largest absolute Gasteiger partial charge is 0.466 e. The van der Waals surface area contributed by atoms with Crippen LogP contribution in [0.1, 0.15) is 26.3 Å². The SMILES string of the molecule is COCOc1c(Cl)cc(Cl)cc1CNC(C)(C)C. The van der Waals surface area contributed by atoms with E-state index in [1.165, 1.54) is 0 Å². The molecule has 0 saturated heterocycles. The lowest BCUT2D eigenvalue weighted by Crippen LogP contribution is -2.35. The van der Waals surface area contributed by atoms with Crippen molar-refractivity contribution in [2.24, 2.45) is 0 Å². The quantitative estimate of drug-likeness (QED) is 0.836. The summed E-state index contributed by atoms with van der Waals surface area (Å²) in [6.45, 7) is 7.06. The topological polar surface area (TPSA) is 30.5 Å². The summed E-state index contributed by atoms with van der Waals surface area (Å²) in [5.74, 6) is 0.611. The summed E-state index contributed by atoms with van der Waals surface area (Å²) in [6, 6.07) is 3.51. The third-order valence-corrected chi connectivity index (χ3v) is 2.71. The first-order chi connectivity index (χ1) is 8.33. The third-order valence-electron chi connectivity index (χ3n) is 2.22. The Bertz CT molecular complexity index is 403. The normalized spacial score (nSPS) is 11.7. The molecule has 18 heavy (non-hydrogen) atoms. The standard InChI is InChI=1S/C13H19Cl2NO2/c1-13(2,3)16-7-9-5-10(14)6-11(15)12(9)18-8-17-4/h5-6,16H,7-8H2,1-4H3. The summed E-state index contributed by atoms with van der Waals surface area (Å²) in [5, 5.41) is 4.46. The number of ether oxygens (including phenoxy) is 2. The van der Waals surface area contributed by atoms with E-state index in [1.807, 2.05) is 6.07 Å². The van der Waals surface area contributed by atoms with Crippen molar-refractivity contribution in [1.82, 2.24) is 5.32 Å². The molecule has 0 fully saturated rings. The molecule has 0 atom stereocenters. The summed E-state index contributed by atoms with van der Waals surface area (Å²) >= 11 is 12.1. The summed E-state index contributed by atoms with van der Waals surface area (Å²) in [7, 11) is 1.57. The summed E-state index contributed by atoms with van der Waals surface area (Å²) in [4.78, 5) is 0. The summed E-state index contributed by atoms with van der Waals surface area (Å²) in [5.41, 5.74) is 0.923. The predicted molar refractivity (Wildman–Crippen MR) is 75.6 cm³/mol. The Morgan fingerprint density at radius 1 is 1.22 bits per heavy atom. The van der Waals surface area contributed by atoms with Crippen LogP contribution >= 0.6 is 23.2 Å². The van der Waals surface area contributed by atoms with Gasteiger partial charge in [0, 0.05) is 29.8 Å². The Labute approximate surface area is 118 Å². The van der Waals surface area contributed by atoms with Gasteiger partial charge in [-0.3, -0.25) is 0 Å². The van der Waals surface area contributed by atoms with Crippen molar-refractivity contribution in [1.29, 1.82) is 0 Å². The fourth-order valence-electron chi connectivity index (χ4n) is 1.38. The maximum absolute atomic E-state index is 6.13. The smallest absolute Gasteiger partial charge is 0.188 e. The van der Waals surface area contributed by atoms with Crippen LogP contribution in [-0.4, -0.2) is 19.4 Å². The maximum atomic E-state index is 6.13. The predicted octanol–water partition coefficient (Wildman–Crippen LogP) is 3.86. The van der Waals surface area contributed by atoms with Crippen molar-refractivity contribution in [3.63, 3.8) is 0 Å². The lowest BCUT2D eigenvalue weighted by atomic mass is 10.1. The van der Waals surface area contributed by atoms with Crippen LogP contribution in [0.2, 0.25) is 10.0 Å². The first-order valence-electron chi connectivity index (χ1n) is 5.68. The van der Waals surface area contributed by atoms with Crippen LogP contribution in [0.4, 0.5) is 0 Å². The van der Waals surface area contributed by atoms with Gasteiger partial charge in [0.1, 0.15) is 5.75 Å². The second-order valence-corrected chi connectivity index (χ2v) is 5.87. The van der Waals surface area contributed by atoms with E-state index >= 15 is 0 Å². The molecule has 0 aliphatic heterocycles. The number of rotatable bonds is 5. The molecule has 0 saturated carbocycles. The minimum absolute atomic E-state index is 0.00726. The molecule has 0 heterocycles. The zero-order chi connectivity index (χ0) is 13.8. The Balaban J connectivity index is 2.92. The van der Waals surface area contributed by atoms with Gasteiger partial charge in [-0.15, -0.1) is 0 Å². The molecule has 1 N–H and O–H groups in total. The molecular weight excluding hydrogens is 273 g/mol. The molecule has 0 bridgehead atoms. The van der Waals surface area contributed by atoms with Crippen LogP contribution < -0.4 is 10.1 Å². The minimum atomic E-state index is 0.00726. The van der Waals surface area contributed by atoms with E-state index in [4.69, 9.17) is 32.7 Å². The monoisotopic (exact) mass is 291 g/mol. The van der Waals surface area contributed by atoms with Gasteiger partial charge in [0.05, 0.1) is 5.02 Å². The molecule has 0 unspecified atom stereocenters. The van der Waals surface area contributed by atoms with Gasteiger partial charge in [-0.25, -0.2) is 0 Å². The number of nitrogens with one attached hydrogen (secondary N) is 1. The van der Waals surface area contributed by atoms with Gasteiger partial charge in [-0.1, -0.05) is 23.2 Å². The van der Waals surface area contributed by atoms with Crippen molar-refractivity contribution in [3.05, 3.63) is 27.7 Å². The van der Waals surface area contributed by atoms with Crippen LogP contribution in [0.3, 0.4) is 0 Å². The van der Waals surface area contributed by atoms with Gasteiger partial charge >= 0.3 is 0 Å². The highest BCUT2D eigenvalue weighted by Gasteiger charge is 2.14. The molecule has 1 rings (SSSR count). The average molecular weight is 292 g/mol. The molecule has 102 valence electrons. The van der Waals surface area contributed by atoms with Gasteiger partial charge < -0.3 is 14.8 Å². The van der Waals surface area contributed by atoms with E-state index in [-0.39, 0.29) is 12.3 Å². The molecule has 0 radical (unpaired) electrons. The number of hydrogen-bond donors (Lipinski definition) is 1. The van der Waals surface area contributed by atoms with Gasteiger partial charge in [0.2, 0.25) is 0 Å². The zero-order valence-electron chi connectivity index (χ0n) is 11.1. The Kier molecular flexibility index (Phi) is 5.73. The zero-order valence-corrected chi connectivity index (χ0v) is 12.7. The molecule has 3 nitrogen and oxygen atoms in total. The first kappa shape index (κ1) is 15.6. The summed E-state index contributed by atoms with van der Waals surface area (Å²) in [6.07, 6.45) is 0. The van der Waals surface area contributed by atoms with E-state index in [0.29, 0.717) is 22.3 Å². The highest BCUT2D eigenvalue weighted by Crippen LogP contribution is 2.32. The van der Waals surface area contributed by atoms with Gasteiger partial charge in [0.25, 0.3) is 0 Å². The van der Waals surface area contributed by atoms with Crippen LogP contribution in [0.25, 0.3) is 0 Å².